The van der Waals surface area contributed by atoms with Crippen molar-refractivity contribution in [2.45, 2.75) is 50.9 Å². The number of likely N-dealkylation sites (N-methyl/N-ethyl adjacent to an activating group) is 1. The Bertz CT molecular complexity index is 340. The SMILES string of the molecule is CCN(CC1CCCO1)C(=O)C1CCC(C(=O)O)O1. The Morgan fingerprint density at radius 3 is 2.53 bits per heavy atom. The molecule has 0 saturated carbocycles. The van der Waals surface area contributed by atoms with Gasteiger partial charge in [0.1, 0.15) is 6.10 Å². The quantitative estimate of drug-likeness (QED) is 0.794. The molecule has 6 nitrogen and oxygen atoms in total. The smallest absolute Gasteiger partial charge is 0.332 e. The molecule has 2 aliphatic rings. The van der Waals surface area contributed by atoms with Gasteiger partial charge in [0.05, 0.1) is 6.10 Å². The number of nitrogens with zero attached hydrogens (tertiary/aromatic N) is 1. The molecule has 3 atom stereocenters. The van der Waals surface area contributed by atoms with Crippen LogP contribution < -0.4 is 0 Å². The number of hydrogen-bond donors (Lipinski definition) is 1. The van der Waals surface area contributed by atoms with Gasteiger partial charge >= 0.3 is 5.97 Å². The van der Waals surface area contributed by atoms with E-state index in [1.807, 2.05) is 6.92 Å². The van der Waals surface area contributed by atoms with Crippen LogP contribution in [0.4, 0.5) is 0 Å². The maximum absolute atomic E-state index is 12.3. The van der Waals surface area contributed by atoms with Crippen LogP contribution in [0.2, 0.25) is 0 Å². The molecule has 0 spiro atoms. The average molecular weight is 271 g/mol. The summed E-state index contributed by atoms with van der Waals surface area (Å²) in [5, 5.41) is 8.87. The highest BCUT2D eigenvalue weighted by atomic mass is 16.5. The lowest BCUT2D eigenvalue weighted by atomic mass is 10.1. The summed E-state index contributed by atoms with van der Waals surface area (Å²) in [5.74, 6) is -1.10. The molecule has 1 N–H and O–H groups in total. The number of aliphatic carboxylic acids is 1. The predicted molar refractivity (Wildman–Crippen MR) is 66.8 cm³/mol. The van der Waals surface area contributed by atoms with E-state index in [9.17, 15) is 9.59 Å². The van der Waals surface area contributed by atoms with Crippen molar-refractivity contribution in [2.75, 3.05) is 19.7 Å². The van der Waals surface area contributed by atoms with Crippen molar-refractivity contribution >= 4 is 11.9 Å². The average Bonchev–Trinajstić information content (AvgIpc) is 3.06. The van der Waals surface area contributed by atoms with E-state index in [2.05, 4.69) is 0 Å². The normalized spacial score (nSPS) is 30.5. The molecule has 0 bridgehead atoms. The molecule has 0 aliphatic carbocycles. The van der Waals surface area contributed by atoms with Crippen LogP contribution >= 0.6 is 0 Å². The van der Waals surface area contributed by atoms with Gasteiger partial charge in [0, 0.05) is 19.7 Å². The van der Waals surface area contributed by atoms with Gasteiger partial charge in [-0.15, -0.1) is 0 Å². The monoisotopic (exact) mass is 271 g/mol. The highest BCUT2D eigenvalue weighted by Crippen LogP contribution is 2.22. The summed E-state index contributed by atoms with van der Waals surface area (Å²) in [6.45, 7) is 3.84. The zero-order valence-corrected chi connectivity index (χ0v) is 11.2. The molecule has 2 fully saturated rings. The predicted octanol–water partition coefficient (Wildman–Crippen LogP) is 0.646. The van der Waals surface area contributed by atoms with Crippen molar-refractivity contribution in [1.29, 1.82) is 0 Å². The molecule has 0 radical (unpaired) electrons. The Balaban J connectivity index is 1.87. The number of hydrogen-bond acceptors (Lipinski definition) is 4. The standard InChI is InChI=1S/C13H21NO5/c1-2-14(8-9-4-3-7-18-9)12(15)10-5-6-11(19-10)13(16)17/h9-11H,2-8H2,1H3,(H,16,17). The van der Waals surface area contributed by atoms with Gasteiger partial charge in [-0.1, -0.05) is 0 Å². The topological polar surface area (TPSA) is 76.1 Å². The van der Waals surface area contributed by atoms with E-state index in [1.54, 1.807) is 4.90 Å². The second kappa shape index (κ2) is 6.34. The first-order valence-corrected chi connectivity index (χ1v) is 6.90. The number of ether oxygens (including phenoxy) is 2. The summed E-state index contributed by atoms with van der Waals surface area (Å²) < 4.78 is 10.8. The third-order valence-corrected chi connectivity index (χ3v) is 3.71. The second-order valence-electron chi connectivity index (χ2n) is 5.04. The summed E-state index contributed by atoms with van der Waals surface area (Å²) in [5.41, 5.74) is 0. The van der Waals surface area contributed by atoms with Crippen molar-refractivity contribution in [3.05, 3.63) is 0 Å². The summed E-state index contributed by atoms with van der Waals surface area (Å²) in [7, 11) is 0. The largest absolute Gasteiger partial charge is 0.479 e. The molecule has 108 valence electrons. The van der Waals surface area contributed by atoms with Crippen molar-refractivity contribution in [3.8, 4) is 0 Å². The number of carbonyl (C=O) groups is 2. The van der Waals surface area contributed by atoms with Crippen LogP contribution in [0.1, 0.15) is 32.6 Å². The first-order chi connectivity index (χ1) is 9.11. The Morgan fingerprint density at radius 2 is 2.00 bits per heavy atom. The van der Waals surface area contributed by atoms with Gasteiger partial charge in [-0.25, -0.2) is 4.79 Å². The molecular formula is C13H21NO5. The molecule has 0 aromatic rings. The highest BCUT2D eigenvalue weighted by molar-refractivity contribution is 5.82. The molecule has 0 aromatic heterocycles. The maximum Gasteiger partial charge on any atom is 0.332 e. The summed E-state index contributed by atoms with van der Waals surface area (Å²) >= 11 is 0. The highest BCUT2D eigenvalue weighted by Gasteiger charge is 2.37. The molecule has 2 rings (SSSR count). The minimum atomic E-state index is -0.988. The third kappa shape index (κ3) is 3.45. The van der Waals surface area contributed by atoms with Crippen LogP contribution in [-0.2, 0) is 19.1 Å². The molecule has 19 heavy (non-hydrogen) atoms. The van der Waals surface area contributed by atoms with Crippen LogP contribution in [0, 0.1) is 0 Å². The van der Waals surface area contributed by atoms with Gasteiger partial charge in [0.25, 0.3) is 5.91 Å². The Morgan fingerprint density at radius 1 is 1.26 bits per heavy atom. The van der Waals surface area contributed by atoms with Crippen LogP contribution in [-0.4, -0.2) is 59.9 Å². The number of carbonyl (C=O) groups excluding carboxylic acids is 1. The summed E-state index contributed by atoms with van der Waals surface area (Å²) in [4.78, 5) is 24.8. The Kier molecular flexibility index (Phi) is 4.76. The van der Waals surface area contributed by atoms with Gasteiger partial charge in [-0.05, 0) is 32.6 Å². The van der Waals surface area contributed by atoms with E-state index >= 15 is 0 Å². The molecule has 6 heteroatoms. The minimum Gasteiger partial charge on any atom is -0.479 e. The van der Waals surface area contributed by atoms with Gasteiger partial charge in [0.2, 0.25) is 0 Å². The number of carboxylic acid groups (broad SMARTS) is 1. The van der Waals surface area contributed by atoms with Crippen molar-refractivity contribution in [2.24, 2.45) is 0 Å². The van der Waals surface area contributed by atoms with E-state index in [0.29, 0.717) is 25.9 Å². The molecular weight excluding hydrogens is 250 g/mol. The molecule has 0 aromatic carbocycles. The van der Waals surface area contributed by atoms with Crippen molar-refractivity contribution in [1.82, 2.24) is 4.90 Å². The molecule has 1 amide bonds. The van der Waals surface area contributed by atoms with Crippen molar-refractivity contribution < 1.29 is 24.2 Å². The van der Waals surface area contributed by atoms with E-state index in [4.69, 9.17) is 14.6 Å². The first-order valence-electron chi connectivity index (χ1n) is 6.90. The Hall–Kier alpha value is -1.14. The zero-order valence-electron chi connectivity index (χ0n) is 11.2. The number of carboxylic acids is 1. The minimum absolute atomic E-state index is 0.109. The van der Waals surface area contributed by atoms with E-state index < -0.39 is 18.2 Å². The second-order valence-corrected chi connectivity index (χ2v) is 5.04. The van der Waals surface area contributed by atoms with Gasteiger partial charge in [-0.2, -0.15) is 0 Å². The maximum atomic E-state index is 12.3. The Labute approximate surface area is 112 Å². The first kappa shape index (κ1) is 14.3. The number of amides is 1. The van der Waals surface area contributed by atoms with E-state index in [1.165, 1.54) is 0 Å². The van der Waals surface area contributed by atoms with Crippen LogP contribution in [0.25, 0.3) is 0 Å². The van der Waals surface area contributed by atoms with Crippen LogP contribution in [0.3, 0.4) is 0 Å². The lowest BCUT2D eigenvalue weighted by Gasteiger charge is -2.26. The molecule has 2 heterocycles. The van der Waals surface area contributed by atoms with Crippen molar-refractivity contribution in [3.63, 3.8) is 0 Å². The van der Waals surface area contributed by atoms with Crippen LogP contribution in [0.5, 0.6) is 0 Å². The van der Waals surface area contributed by atoms with Gasteiger partial charge in [-0.3, -0.25) is 4.79 Å². The molecule has 2 saturated heterocycles. The summed E-state index contributed by atoms with van der Waals surface area (Å²) in [6.07, 6.45) is 1.57. The molecule has 2 aliphatic heterocycles. The summed E-state index contributed by atoms with van der Waals surface area (Å²) in [6, 6.07) is 0. The number of rotatable bonds is 5. The van der Waals surface area contributed by atoms with E-state index in [0.717, 1.165) is 19.4 Å². The fraction of sp³-hybridized carbons (Fsp3) is 0.846. The fourth-order valence-corrected chi connectivity index (χ4v) is 2.61. The molecule has 3 unspecified atom stereocenters. The van der Waals surface area contributed by atoms with Crippen LogP contribution in [0.15, 0.2) is 0 Å². The van der Waals surface area contributed by atoms with Gasteiger partial charge < -0.3 is 19.5 Å². The lowest BCUT2D eigenvalue weighted by molar-refractivity contribution is -0.155. The van der Waals surface area contributed by atoms with E-state index in [-0.39, 0.29) is 12.0 Å². The fourth-order valence-electron chi connectivity index (χ4n) is 2.61. The lowest BCUT2D eigenvalue weighted by Crippen LogP contribution is -2.43. The third-order valence-electron chi connectivity index (χ3n) is 3.71. The zero-order chi connectivity index (χ0) is 13.8. The van der Waals surface area contributed by atoms with Gasteiger partial charge in [0.15, 0.2) is 6.10 Å².